The molecule has 0 saturated heterocycles. The molecule has 9 nitrogen and oxygen atoms in total. The van der Waals surface area contributed by atoms with Gasteiger partial charge < -0.3 is 22.1 Å². The van der Waals surface area contributed by atoms with Gasteiger partial charge in [-0.25, -0.2) is 9.38 Å². The van der Waals surface area contributed by atoms with E-state index in [-0.39, 0.29) is 23.2 Å². The van der Waals surface area contributed by atoms with Crippen LogP contribution in [0.3, 0.4) is 0 Å². The molecule has 4 unspecified atom stereocenters. The number of nitrogens with zero attached hydrogens (tertiary/aromatic N) is 3. The van der Waals surface area contributed by atoms with Crippen LogP contribution in [-0.2, 0) is 17.1 Å². The molecule has 0 saturated carbocycles. The third kappa shape index (κ3) is 9.14. The van der Waals surface area contributed by atoms with Crippen LogP contribution in [0, 0.1) is 23.1 Å². The summed E-state index contributed by atoms with van der Waals surface area (Å²) in [6, 6.07) is 14.0. The van der Waals surface area contributed by atoms with Gasteiger partial charge in [0.1, 0.15) is 36.1 Å². The van der Waals surface area contributed by atoms with E-state index in [0.29, 0.717) is 25.0 Å². The fraction of sp³-hybridized carbons (Fsp3) is 0.419. The molecule has 1 heterocycles. The lowest BCUT2D eigenvalue weighted by molar-refractivity contribution is -0.126. The van der Waals surface area contributed by atoms with Crippen molar-refractivity contribution in [3.05, 3.63) is 77.1 Å². The van der Waals surface area contributed by atoms with Gasteiger partial charge >= 0.3 is 0 Å². The van der Waals surface area contributed by atoms with E-state index in [1.807, 2.05) is 23.9 Å². The predicted octanol–water partition coefficient (Wildman–Crippen LogP) is 4.05. The van der Waals surface area contributed by atoms with Gasteiger partial charge in [-0.15, -0.1) is 0 Å². The Morgan fingerprint density at radius 1 is 1.33 bits per heavy atom. The van der Waals surface area contributed by atoms with Crippen molar-refractivity contribution in [2.24, 2.45) is 27.4 Å². The van der Waals surface area contributed by atoms with Crippen LogP contribution in [0.5, 0.6) is 0 Å². The molecule has 1 amide bonds. The van der Waals surface area contributed by atoms with E-state index < -0.39 is 17.6 Å². The molecule has 4 atom stereocenters. The first-order valence-electron chi connectivity index (χ1n) is 14.0. The number of fused-ring (bicyclic) bond motifs is 1. The van der Waals surface area contributed by atoms with Crippen molar-refractivity contribution in [3.8, 4) is 6.07 Å². The third-order valence-corrected chi connectivity index (χ3v) is 8.74. The topological polar surface area (TPSA) is 154 Å². The van der Waals surface area contributed by atoms with Gasteiger partial charge in [0.05, 0.1) is 5.57 Å². The van der Waals surface area contributed by atoms with Crippen LogP contribution in [0.1, 0.15) is 50.3 Å². The summed E-state index contributed by atoms with van der Waals surface area (Å²) in [5, 5.41) is 18.8. The highest BCUT2D eigenvalue weighted by Gasteiger charge is 2.38. The summed E-state index contributed by atoms with van der Waals surface area (Å²) >= 11 is 1.82. The van der Waals surface area contributed by atoms with E-state index >= 15 is 0 Å². The maximum absolute atomic E-state index is 13.3. The van der Waals surface area contributed by atoms with Crippen molar-refractivity contribution in [2.45, 2.75) is 62.9 Å². The summed E-state index contributed by atoms with van der Waals surface area (Å²) in [6.07, 6.45) is 2.57. The zero-order chi connectivity index (χ0) is 30.7. The Bertz CT molecular complexity index is 1340. The Kier molecular flexibility index (Phi) is 12.1. The minimum absolute atomic E-state index is 0.152. The number of hydrogen-bond donors (Lipinski definition) is 5. The van der Waals surface area contributed by atoms with Crippen LogP contribution in [0.4, 0.5) is 10.1 Å². The second kappa shape index (κ2) is 15.5. The zero-order valence-corrected chi connectivity index (χ0v) is 25.3. The Labute approximate surface area is 252 Å². The lowest BCUT2D eigenvalue weighted by atomic mass is 9.97. The average Bonchev–Trinajstić information content (AvgIpc) is 2.98. The molecular formula is C31H41FN8OS. The fourth-order valence-corrected chi connectivity index (χ4v) is 5.82. The van der Waals surface area contributed by atoms with Crippen LogP contribution in [0.2, 0.25) is 0 Å². The molecule has 0 spiro atoms. The molecule has 42 heavy (non-hydrogen) atoms. The number of amides is 1. The molecule has 7 N–H and O–H groups in total. The predicted molar refractivity (Wildman–Crippen MR) is 171 cm³/mol. The van der Waals surface area contributed by atoms with Crippen LogP contribution < -0.4 is 27.4 Å². The molecule has 0 aromatic heterocycles. The normalized spacial score (nSPS) is 16.2. The molecule has 2 aromatic rings. The number of allylic oxidation sites excluding steroid dienone is 1. The van der Waals surface area contributed by atoms with Gasteiger partial charge in [0.15, 0.2) is 0 Å². The fourth-order valence-electron chi connectivity index (χ4n) is 4.55. The number of nitrogens with two attached hydrogens (primary N) is 2. The number of rotatable bonds is 15. The van der Waals surface area contributed by atoms with Gasteiger partial charge in [0, 0.05) is 41.6 Å². The minimum atomic E-state index is -1.46. The number of carbonyl (C=O) groups excluding carboxylic acids is 1. The number of halogens is 1. The summed E-state index contributed by atoms with van der Waals surface area (Å²) in [6.45, 7) is 10.8. The van der Waals surface area contributed by atoms with Crippen LogP contribution in [0.25, 0.3) is 0 Å². The molecule has 0 aliphatic carbocycles. The number of aliphatic imine (C=N–C) groups is 2. The maximum Gasteiger partial charge on any atom is 0.243 e. The molecule has 11 heteroatoms. The number of amidine groups is 1. The van der Waals surface area contributed by atoms with Gasteiger partial charge in [0.25, 0.3) is 0 Å². The molecule has 0 bridgehead atoms. The standard InChI is InChI=1S/C31H41FN8OS/c1-5-6-21(3)27(42-18-23-9-12-26-25(13-23)28(34)40-19-39-26)17-37-29(36-15-20(2)14-33)31(4,35)30(41)38-16-22-7-10-24(32)11-8-22/h7-13,15,21,27,29,37,39H,2,5-6,16-19,35H2,1,3-4H3,(H2,34,40)(H,38,41)/b36-15-. The molecular weight excluding hydrogens is 551 g/mol. The largest absolute Gasteiger partial charge is 0.383 e. The first-order chi connectivity index (χ1) is 20.0. The number of benzene rings is 2. The highest BCUT2D eigenvalue weighted by atomic mass is 32.2. The molecule has 0 radical (unpaired) electrons. The third-order valence-electron chi connectivity index (χ3n) is 7.18. The lowest BCUT2D eigenvalue weighted by Gasteiger charge is -2.33. The molecule has 1 aliphatic rings. The minimum Gasteiger partial charge on any atom is -0.383 e. The number of anilines is 1. The van der Waals surface area contributed by atoms with Gasteiger partial charge in [-0.05, 0) is 54.7 Å². The van der Waals surface area contributed by atoms with E-state index in [2.05, 4.69) is 58.5 Å². The zero-order valence-electron chi connectivity index (χ0n) is 24.5. The first-order valence-corrected chi connectivity index (χ1v) is 15.1. The molecule has 3 rings (SSSR count). The summed E-state index contributed by atoms with van der Waals surface area (Å²) < 4.78 is 13.3. The summed E-state index contributed by atoms with van der Waals surface area (Å²) in [5.41, 5.74) is 15.2. The second-order valence-electron chi connectivity index (χ2n) is 10.7. The van der Waals surface area contributed by atoms with Crippen molar-refractivity contribution in [1.82, 2.24) is 10.6 Å². The van der Waals surface area contributed by atoms with E-state index in [9.17, 15) is 14.4 Å². The van der Waals surface area contributed by atoms with Crippen molar-refractivity contribution >= 4 is 35.4 Å². The number of nitrogens with one attached hydrogen (secondary N) is 3. The van der Waals surface area contributed by atoms with E-state index in [4.69, 9.17) is 11.5 Å². The van der Waals surface area contributed by atoms with Crippen LogP contribution in [-0.4, -0.2) is 48.1 Å². The van der Waals surface area contributed by atoms with Crippen molar-refractivity contribution in [2.75, 3.05) is 18.5 Å². The van der Waals surface area contributed by atoms with Gasteiger partial charge in [-0.3, -0.25) is 15.1 Å². The summed E-state index contributed by atoms with van der Waals surface area (Å²) in [7, 11) is 0. The Morgan fingerprint density at radius 2 is 2.05 bits per heavy atom. The molecule has 0 fully saturated rings. The number of thioether (sulfide) groups is 1. The van der Waals surface area contributed by atoms with Crippen molar-refractivity contribution in [1.29, 1.82) is 5.26 Å². The van der Waals surface area contributed by atoms with E-state index in [0.717, 1.165) is 41.0 Å². The summed E-state index contributed by atoms with van der Waals surface area (Å²) in [4.78, 5) is 22.0. The highest BCUT2D eigenvalue weighted by Crippen LogP contribution is 2.29. The van der Waals surface area contributed by atoms with Crippen molar-refractivity contribution in [3.63, 3.8) is 0 Å². The Balaban J connectivity index is 1.73. The van der Waals surface area contributed by atoms with Gasteiger partial charge in [-0.1, -0.05) is 45.0 Å². The van der Waals surface area contributed by atoms with Crippen LogP contribution >= 0.6 is 11.8 Å². The number of nitriles is 1. The first kappa shape index (κ1) is 32.8. The molecule has 224 valence electrons. The monoisotopic (exact) mass is 592 g/mol. The lowest BCUT2D eigenvalue weighted by Crippen LogP contribution is -2.63. The Morgan fingerprint density at radius 3 is 2.74 bits per heavy atom. The quantitative estimate of drug-likeness (QED) is 0.154. The number of carbonyl (C=O) groups is 1. The maximum atomic E-state index is 13.3. The van der Waals surface area contributed by atoms with Crippen LogP contribution in [0.15, 0.2) is 64.6 Å². The Hall–Kier alpha value is -3.72. The highest BCUT2D eigenvalue weighted by molar-refractivity contribution is 7.99. The summed E-state index contributed by atoms with van der Waals surface area (Å²) in [5.74, 6) is 0.882. The molecule has 1 aliphatic heterocycles. The van der Waals surface area contributed by atoms with Crippen molar-refractivity contribution < 1.29 is 9.18 Å². The van der Waals surface area contributed by atoms with E-state index in [1.165, 1.54) is 18.3 Å². The number of hydrogen-bond acceptors (Lipinski definition) is 9. The second-order valence-corrected chi connectivity index (χ2v) is 11.9. The molecule has 2 aromatic carbocycles. The van der Waals surface area contributed by atoms with Gasteiger partial charge in [-0.2, -0.15) is 17.0 Å². The SMILES string of the molecule is C=C(C#N)/C=N\C(NCC(SCc1ccc2c(c1)C(N)=NCN2)C(C)CCC)C(C)(N)C(=O)NCc1ccc(F)cc1. The average molecular weight is 593 g/mol. The van der Waals surface area contributed by atoms with E-state index in [1.54, 1.807) is 19.1 Å². The van der Waals surface area contributed by atoms with Gasteiger partial charge in [0.2, 0.25) is 5.91 Å². The smallest absolute Gasteiger partial charge is 0.243 e.